The lowest BCUT2D eigenvalue weighted by atomic mass is 9.69. The molecular formula is C46H47F3N4O4. The van der Waals surface area contributed by atoms with Gasteiger partial charge in [0, 0.05) is 69.4 Å². The second-order valence-corrected chi connectivity index (χ2v) is 16.6. The number of amides is 1. The molecular weight excluding hydrogens is 730 g/mol. The summed E-state index contributed by atoms with van der Waals surface area (Å²) in [6.45, 7) is 5.00. The standard InChI is InChI=1S/C46H47F3N4O4/c47-32-6-1-29(2-7-32)36-12-5-31-23-34(54)10-13-37(31)43(36)30-3-8-33(9-4-30)51-17-15-28(16-18-51)26-50-19-21-52(22-20-50)45-40(48)25-38-39(44(45)49)27-53(46(38)57)41-14-11-35(55)24-42(41)56/h1-4,6-10,13,23,25,28,36,41,43,54H,5,11-12,14-22,24,26-27H2/t36-,41?,43+/m1/s1. The van der Waals surface area contributed by atoms with Crippen molar-refractivity contribution in [2.24, 2.45) is 5.92 Å². The number of piperazine rings is 1. The number of rotatable bonds is 7. The summed E-state index contributed by atoms with van der Waals surface area (Å²) in [5.41, 5.74) is 5.87. The lowest BCUT2D eigenvalue weighted by Crippen LogP contribution is -2.49. The van der Waals surface area contributed by atoms with E-state index in [1.165, 1.54) is 33.8 Å². The highest BCUT2D eigenvalue weighted by Crippen LogP contribution is 2.47. The lowest BCUT2D eigenvalue weighted by molar-refractivity contribution is -0.133. The Balaban J connectivity index is 0.803. The van der Waals surface area contributed by atoms with E-state index >= 15 is 8.78 Å². The summed E-state index contributed by atoms with van der Waals surface area (Å²) in [6, 6.07) is 21.8. The minimum atomic E-state index is -0.782. The van der Waals surface area contributed by atoms with Crippen LogP contribution in [0.15, 0.2) is 72.8 Å². The Morgan fingerprint density at radius 3 is 2.16 bits per heavy atom. The summed E-state index contributed by atoms with van der Waals surface area (Å²) in [7, 11) is 0. The molecule has 3 fully saturated rings. The van der Waals surface area contributed by atoms with Gasteiger partial charge in [-0.3, -0.25) is 19.3 Å². The third kappa shape index (κ3) is 7.19. The van der Waals surface area contributed by atoms with E-state index in [-0.39, 0.29) is 77.6 Å². The van der Waals surface area contributed by atoms with Crippen molar-refractivity contribution in [3.05, 3.63) is 124 Å². The number of phenolic OH excluding ortho intramolecular Hbond substituents is 1. The van der Waals surface area contributed by atoms with Gasteiger partial charge >= 0.3 is 0 Å². The minimum Gasteiger partial charge on any atom is -0.508 e. The topological polar surface area (TPSA) is 84.4 Å². The van der Waals surface area contributed by atoms with Crippen LogP contribution in [0.2, 0.25) is 0 Å². The molecule has 4 aromatic rings. The van der Waals surface area contributed by atoms with E-state index in [9.17, 15) is 23.9 Å². The third-order valence-electron chi connectivity index (χ3n) is 13.3. The number of Topliss-reactive ketones (excluding diaryl/α,β-unsaturated/α-hetero) is 2. The number of carbonyl (C=O) groups excluding carboxylic acids is 3. The van der Waals surface area contributed by atoms with Gasteiger partial charge in [-0.05, 0) is 109 Å². The predicted octanol–water partition coefficient (Wildman–Crippen LogP) is 7.36. The Kier molecular flexibility index (Phi) is 10.0. The zero-order valence-corrected chi connectivity index (χ0v) is 31.9. The number of fused-ring (bicyclic) bond motifs is 2. The summed E-state index contributed by atoms with van der Waals surface area (Å²) in [6.07, 6.45) is 4.05. The molecule has 11 heteroatoms. The molecule has 2 saturated heterocycles. The normalized spacial score (nSPS) is 23.2. The maximum atomic E-state index is 16.0. The summed E-state index contributed by atoms with van der Waals surface area (Å²) in [5.74, 6) is -1.70. The molecule has 1 unspecified atom stereocenters. The van der Waals surface area contributed by atoms with Crippen molar-refractivity contribution in [3.63, 3.8) is 0 Å². The van der Waals surface area contributed by atoms with Crippen molar-refractivity contribution in [3.8, 4) is 5.75 Å². The fraction of sp³-hybridized carbons (Fsp3) is 0.413. The largest absolute Gasteiger partial charge is 0.508 e. The smallest absolute Gasteiger partial charge is 0.255 e. The average Bonchev–Trinajstić information content (AvgIpc) is 3.54. The molecule has 1 saturated carbocycles. The Morgan fingerprint density at radius 1 is 0.719 bits per heavy atom. The van der Waals surface area contributed by atoms with Crippen LogP contribution < -0.4 is 9.80 Å². The maximum Gasteiger partial charge on any atom is 0.255 e. The number of carbonyl (C=O) groups is 3. The number of anilines is 2. The van der Waals surface area contributed by atoms with Gasteiger partial charge in [0.15, 0.2) is 11.6 Å². The molecule has 0 aromatic heterocycles. The first-order chi connectivity index (χ1) is 27.6. The van der Waals surface area contributed by atoms with Gasteiger partial charge in [0.1, 0.15) is 28.9 Å². The molecule has 9 rings (SSSR count). The first kappa shape index (κ1) is 37.4. The van der Waals surface area contributed by atoms with E-state index in [1.54, 1.807) is 11.0 Å². The number of hydrogen-bond donors (Lipinski definition) is 1. The summed E-state index contributed by atoms with van der Waals surface area (Å²) < 4.78 is 45.3. The molecule has 2 aliphatic carbocycles. The van der Waals surface area contributed by atoms with Crippen LogP contribution in [0.3, 0.4) is 0 Å². The van der Waals surface area contributed by atoms with Gasteiger partial charge in [-0.15, -0.1) is 0 Å². The lowest BCUT2D eigenvalue weighted by Gasteiger charge is -2.40. The Morgan fingerprint density at radius 2 is 1.44 bits per heavy atom. The van der Waals surface area contributed by atoms with Crippen LogP contribution in [0.4, 0.5) is 24.5 Å². The highest BCUT2D eigenvalue weighted by molar-refractivity contribution is 6.07. The first-order valence-corrected chi connectivity index (χ1v) is 20.4. The number of nitrogens with zero attached hydrogens (tertiary/aromatic N) is 4. The SMILES string of the molecule is O=C1CCC(N2Cc3c(cc(F)c(N4CCN(CC5CCN(c6ccc([C@@H]7c8ccc(O)cc8CC[C@@H]7c7ccc(F)cc7)cc6)CC5)CC4)c3F)C2=O)C(=O)C1. The summed E-state index contributed by atoms with van der Waals surface area (Å²) >= 11 is 0. The predicted molar refractivity (Wildman–Crippen MR) is 211 cm³/mol. The van der Waals surface area contributed by atoms with Crippen LogP contribution in [0.1, 0.15) is 88.5 Å². The summed E-state index contributed by atoms with van der Waals surface area (Å²) in [4.78, 5) is 45.3. The molecule has 5 aliphatic rings. The number of piperidine rings is 1. The van der Waals surface area contributed by atoms with E-state index in [4.69, 9.17) is 0 Å². The average molecular weight is 777 g/mol. The number of ketones is 2. The number of hydrogen-bond acceptors (Lipinski definition) is 7. The van der Waals surface area contributed by atoms with Gasteiger partial charge in [-0.1, -0.05) is 30.3 Å². The second-order valence-electron chi connectivity index (χ2n) is 16.6. The highest BCUT2D eigenvalue weighted by atomic mass is 19.1. The second kappa shape index (κ2) is 15.3. The number of phenols is 1. The maximum absolute atomic E-state index is 16.0. The Hall–Kier alpha value is -5.16. The van der Waals surface area contributed by atoms with Crippen LogP contribution in [0.5, 0.6) is 5.75 Å². The summed E-state index contributed by atoms with van der Waals surface area (Å²) in [5, 5.41) is 10.2. The first-order valence-electron chi connectivity index (χ1n) is 20.4. The Bertz CT molecular complexity index is 2200. The fourth-order valence-corrected chi connectivity index (χ4v) is 10.2. The zero-order valence-electron chi connectivity index (χ0n) is 31.9. The molecule has 296 valence electrons. The zero-order chi connectivity index (χ0) is 39.4. The van der Waals surface area contributed by atoms with E-state index in [0.29, 0.717) is 32.1 Å². The van der Waals surface area contributed by atoms with Crippen LogP contribution in [-0.2, 0) is 22.6 Å². The molecule has 3 atom stereocenters. The van der Waals surface area contributed by atoms with Crippen molar-refractivity contribution in [1.29, 1.82) is 0 Å². The van der Waals surface area contributed by atoms with E-state index < -0.39 is 23.6 Å². The number of benzene rings is 4. The number of halogens is 3. The van der Waals surface area contributed by atoms with Gasteiger partial charge in [-0.2, -0.15) is 0 Å². The van der Waals surface area contributed by atoms with Gasteiger partial charge in [-0.25, -0.2) is 13.2 Å². The monoisotopic (exact) mass is 776 g/mol. The van der Waals surface area contributed by atoms with Crippen molar-refractivity contribution in [1.82, 2.24) is 9.80 Å². The quantitative estimate of drug-likeness (QED) is 0.197. The fourth-order valence-electron chi connectivity index (χ4n) is 10.2. The van der Waals surface area contributed by atoms with Crippen LogP contribution in [-0.4, -0.2) is 84.2 Å². The van der Waals surface area contributed by atoms with Crippen molar-refractivity contribution in [2.75, 3.05) is 55.6 Å². The molecule has 1 N–H and O–H groups in total. The van der Waals surface area contributed by atoms with Gasteiger partial charge in [0.05, 0.1) is 24.6 Å². The van der Waals surface area contributed by atoms with E-state index in [2.05, 4.69) is 34.1 Å². The molecule has 8 nitrogen and oxygen atoms in total. The van der Waals surface area contributed by atoms with Crippen LogP contribution >= 0.6 is 0 Å². The van der Waals surface area contributed by atoms with E-state index in [1.807, 2.05) is 24.3 Å². The molecule has 1 amide bonds. The van der Waals surface area contributed by atoms with Crippen LogP contribution in [0, 0.1) is 23.4 Å². The number of aryl methyl sites for hydroxylation is 1. The Labute approximate surface area is 330 Å². The molecule has 3 heterocycles. The molecule has 57 heavy (non-hydrogen) atoms. The number of aromatic hydroxyl groups is 1. The third-order valence-corrected chi connectivity index (χ3v) is 13.3. The molecule has 0 bridgehead atoms. The molecule has 3 aliphatic heterocycles. The highest BCUT2D eigenvalue weighted by Gasteiger charge is 2.42. The molecule has 0 radical (unpaired) electrons. The van der Waals surface area contributed by atoms with Gasteiger partial charge in [0.25, 0.3) is 5.91 Å². The van der Waals surface area contributed by atoms with Gasteiger partial charge in [0.2, 0.25) is 0 Å². The van der Waals surface area contributed by atoms with Crippen molar-refractivity contribution < 1.29 is 32.7 Å². The van der Waals surface area contributed by atoms with Crippen LogP contribution in [0.25, 0.3) is 0 Å². The molecule has 0 spiro atoms. The molecule has 4 aromatic carbocycles. The van der Waals surface area contributed by atoms with E-state index in [0.717, 1.165) is 62.5 Å². The van der Waals surface area contributed by atoms with Crippen molar-refractivity contribution >= 4 is 28.8 Å². The minimum absolute atomic E-state index is 0.0354. The van der Waals surface area contributed by atoms with Gasteiger partial charge < -0.3 is 19.8 Å². The van der Waals surface area contributed by atoms with Crippen molar-refractivity contribution in [2.45, 2.75) is 69.4 Å².